The van der Waals surface area contributed by atoms with Crippen LogP contribution >= 0.6 is 11.3 Å². The molecule has 0 spiro atoms. The molecule has 0 aliphatic rings. The summed E-state index contributed by atoms with van der Waals surface area (Å²) < 4.78 is 12.7. The average molecular weight is 356 g/mol. The summed E-state index contributed by atoms with van der Waals surface area (Å²) in [6.07, 6.45) is 0.756. The Labute approximate surface area is 150 Å². The SMILES string of the molecule is CCC(C)C(=O)OCCOc1ccc2sc3ccccc3c(=O)c2c1. The van der Waals surface area contributed by atoms with E-state index < -0.39 is 0 Å². The van der Waals surface area contributed by atoms with E-state index in [2.05, 4.69) is 0 Å². The van der Waals surface area contributed by atoms with Gasteiger partial charge in [0.15, 0.2) is 5.43 Å². The topological polar surface area (TPSA) is 52.6 Å². The molecule has 0 N–H and O–H groups in total. The third kappa shape index (κ3) is 3.82. The molecule has 0 radical (unpaired) electrons. The van der Waals surface area contributed by atoms with Crippen molar-refractivity contribution in [1.82, 2.24) is 0 Å². The molecule has 3 rings (SSSR count). The summed E-state index contributed by atoms with van der Waals surface area (Å²) in [5.74, 6) is 0.296. The van der Waals surface area contributed by atoms with Crippen molar-refractivity contribution < 1.29 is 14.3 Å². The maximum Gasteiger partial charge on any atom is 0.308 e. The summed E-state index contributed by atoms with van der Waals surface area (Å²) in [6, 6.07) is 13.1. The van der Waals surface area contributed by atoms with Gasteiger partial charge in [-0.1, -0.05) is 26.0 Å². The van der Waals surface area contributed by atoms with Crippen molar-refractivity contribution in [3.8, 4) is 5.75 Å². The number of ether oxygens (including phenoxy) is 2. The standard InChI is InChI=1S/C20H20O4S/c1-3-13(2)20(22)24-11-10-23-14-8-9-18-16(12-14)19(21)15-6-4-5-7-17(15)25-18/h4-9,12-13H,3,10-11H2,1-2H3. The van der Waals surface area contributed by atoms with Crippen molar-refractivity contribution in [1.29, 1.82) is 0 Å². The van der Waals surface area contributed by atoms with Crippen LogP contribution in [0.2, 0.25) is 0 Å². The largest absolute Gasteiger partial charge is 0.490 e. The molecule has 4 nitrogen and oxygen atoms in total. The van der Waals surface area contributed by atoms with Crippen molar-refractivity contribution in [2.75, 3.05) is 13.2 Å². The monoisotopic (exact) mass is 356 g/mol. The van der Waals surface area contributed by atoms with E-state index in [0.29, 0.717) is 11.1 Å². The summed E-state index contributed by atoms with van der Waals surface area (Å²) in [7, 11) is 0. The number of esters is 1. The van der Waals surface area contributed by atoms with Crippen molar-refractivity contribution >= 4 is 37.5 Å². The number of hydrogen-bond donors (Lipinski definition) is 0. The van der Waals surface area contributed by atoms with Gasteiger partial charge in [-0.05, 0) is 36.8 Å². The number of fused-ring (bicyclic) bond motifs is 2. The fraction of sp³-hybridized carbons (Fsp3) is 0.300. The average Bonchev–Trinajstić information content (AvgIpc) is 2.65. The molecule has 25 heavy (non-hydrogen) atoms. The first-order valence-corrected chi connectivity index (χ1v) is 9.17. The first-order chi connectivity index (χ1) is 12.1. The van der Waals surface area contributed by atoms with Gasteiger partial charge in [-0.15, -0.1) is 11.3 Å². The van der Waals surface area contributed by atoms with Gasteiger partial charge in [-0.3, -0.25) is 9.59 Å². The lowest BCUT2D eigenvalue weighted by Gasteiger charge is -2.10. The van der Waals surface area contributed by atoms with Gasteiger partial charge in [0.25, 0.3) is 0 Å². The van der Waals surface area contributed by atoms with E-state index in [1.807, 2.05) is 50.2 Å². The molecule has 0 amide bonds. The first-order valence-electron chi connectivity index (χ1n) is 8.35. The fourth-order valence-corrected chi connectivity index (χ4v) is 3.53. The lowest BCUT2D eigenvalue weighted by atomic mass is 10.1. The van der Waals surface area contributed by atoms with Crippen LogP contribution in [0.1, 0.15) is 20.3 Å². The van der Waals surface area contributed by atoms with Gasteiger partial charge in [0.1, 0.15) is 19.0 Å². The maximum absolute atomic E-state index is 12.6. The highest BCUT2D eigenvalue weighted by atomic mass is 32.1. The summed E-state index contributed by atoms with van der Waals surface area (Å²) in [5, 5.41) is 1.37. The van der Waals surface area contributed by atoms with E-state index in [1.165, 1.54) is 0 Å². The Morgan fingerprint density at radius 3 is 2.64 bits per heavy atom. The molecule has 0 saturated heterocycles. The van der Waals surface area contributed by atoms with E-state index in [0.717, 1.165) is 21.2 Å². The van der Waals surface area contributed by atoms with Gasteiger partial charge in [0.05, 0.1) is 5.92 Å². The molecule has 3 aromatic rings. The van der Waals surface area contributed by atoms with Crippen molar-refractivity contribution in [3.05, 3.63) is 52.7 Å². The van der Waals surface area contributed by atoms with Gasteiger partial charge in [0, 0.05) is 20.2 Å². The predicted octanol–water partition coefficient (Wildman–Crippen LogP) is 4.38. The molecule has 5 heteroatoms. The summed E-state index contributed by atoms with van der Waals surface area (Å²) in [5.41, 5.74) is 0.0120. The van der Waals surface area contributed by atoms with Crippen LogP contribution in [0.25, 0.3) is 20.2 Å². The number of benzene rings is 2. The van der Waals surface area contributed by atoms with Gasteiger partial charge >= 0.3 is 5.97 Å². The first kappa shape index (κ1) is 17.4. The fourth-order valence-electron chi connectivity index (χ4n) is 2.48. The Balaban J connectivity index is 1.73. The van der Waals surface area contributed by atoms with Gasteiger partial charge in [-0.25, -0.2) is 0 Å². The third-order valence-electron chi connectivity index (χ3n) is 4.16. The second kappa shape index (κ2) is 7.66. The highest BCUT2D eigenvalue weighted by molar-refractivity contribution is 7.24. The normalized spacial score (nSPS) is 12.2. The van der Waals surface area contributed by atoms with Crippen molar-refractivity contribution in [2.45, 2.75) is 20.3 Å². The highest BCUT2D eigenvalue weighted by Gasteiger charge is 2.11. The van der Waals surface area contributed by atoms with Crippen LogP contribution in [0.5, 0.6) is 5.75 Å². The van der Waals surface area contributed by atoms with Crippen molar-refractivity contribution in [3.63, 3.8) is 0 Å². The van der Waals surface area contributed by atoms with E-state index in [4.69, 9.17) is 9.47 Å². The van der Waals surface area contributed by atoms with Crippen LogP contribution in [-0.4, -0.2) is 19.2 Å². The molecule has 0 saturated carbocycles. The highest BCUT2D eigenvalue weighted by Crippen LogP contribution is 2.27. The zero-order valence-corrected chi connectivity index (χ0v) is 15.1. The maximum atomic E-state index is 12.6. The zero-order chi connectivity index (χ0) is 17.8. The lowest BCUT2D eigenvalue weighted by Crippen LogP contribution is -2.17. The molecule has 0 fully saturated rings. The van der Waals surface area contributed by atoms with Gasteiger partial charge in [0.2, 0.25) is 0 Å². The minimum absolute atomic E-state index is 0.0120. The third-order valence-corrected chi connectivity index (χ3v) is 5.31. The van der Waals surface area contributed by atoms with Crippen LogP contribution in [0, 0.1) is 5.92 Å². The Hall–Kier alpha value is -2.40. The summed E-state index contributed by atoms with van der Waals surface area (Å²) in [4.78, 5) is 24.3. The Bertz CT molecular complexity index is 961. The van der Waals surface area contributed by atoms with Gasteiger partial charge < -0.3 is 9.47 Å². The van der Waals surface area contributed by atoms with Gasteiger partial charge in [-0.2, -0.15) is 0 Å². The molecule has 130 valence electrons. The molecular weight excluding hydrogens is 336 g/mol. The second-order valence-corrected chi connectivity index (χ2v) is 6.99. The van der Waals surface area contributed by atoms with E-state index in [-0.39, 0.29) is 30.5 Å². The van der Waals surface area contributed by atoms with Crippen LogP contribution in [0.4, 0.5) is 0 Å². The number of hydrogen-bond acceptors (Lipinski definition) is 5. The van der Waals surface area contributed by atoms with E-state index >= 15 is 0 Å². The molecule has 1 heterocycles. The second-order valence-electron chi connectivity index (χ2n) is 5.91. The number of carbonyl (C=O) groups is 1. The van der Waals surface area contributed by atoms with Crippen LogP contribution in [0.3, 0.4) is 0 Å². The molecule has 1 aromatic heterocycles. The molecule has 0 aliphatic carbocycles. The minimum atomic E-state index is -0.209. The number of rotatable bonds is 6. The molecule has 0 aliphatic heterocycles. The molecule has 2 aromatic carbocycles. The summed E-state index contributed by atoms with van der Waals surface area (Å²) in [6.45, 7) is 4.25. The Kier molecular flexibility index (Phi) is 5.34. The summed E-state index contributed by atoms with van der Waals surface area (Å²) >= 11 is 1.59. The zero-order valence-electron chi connectivity index (χ0n) is 14.3. The minimum Gasteiger partial charge on any atom is -0.490 e. The van der Waals surface area contributed by atoms with Crippen LogP contribution < -0.4 is 10.2 Å². The smallest absolute Gasteiger partial charge is 0.308 e. The van der Waals surface area contributed by atoms with Crippen molar-refractivity contribution in [2.24, 2.45) is 5.92 Å². The Morgan fingerprint density at radius 2 is 1.84 bits per heavy atom. The predicted molar refractivity (Wildman–Crippen MR) is 102 cm³/mol. The Morgan fingerprint density at radius 1 is 1.08 bits per heavy atom. The molecular formula is C20H20O4S. The van der Waals surface area contributed by atoms with E-state index in [9.17, 15) is 9.59 Å². The number of carbonyl (C=O) groups excluding carboxylic acids is 1. The quantitative estimate of drug-likeness (QED) is 0.374. The van der Waals surface area contributed by atoms with Crippen LogP contribution in [-0.2, 0) is 9.53 Å². The molecule has 0 bridgehead atoms. The molecule has 1 atom stereocenters. The van der Waals surface area contributed by atoms with E-state index in [1.54, 1.807) is 17.4 Å². The lowest BCUT2D eigenvalue weighted by molar-refractivity contribution is -0.148. The molecule has 1 unspecified atom stereocenters. The van der Waals surface area contributed by atoms with Crippen LogP contribution in [0.15, 0.2) is 47.3 Å².